The molecule has 2 aromatic carbocycles. The number of carbonyl (C=O) groups excluding carboxylic acids is 4. The van der Waals surface area contributed by atoms with E-state index in [4.69, 9.17) is 37.9 Å². The summed E-state index contributed by atoms with van der Waals surface area (Å²) < 4.78 is 44.3. The van der Waals surface area contributed by atoms with Gasteiger partial charge in [0.2, 0.25) is 0 Å². The fourth-order valence-corrected chi connectivity index (χ4v) is 4.60. The quantitative estimate of drug-likeness (QED) is 0.166. The van der Waals surface area contributed by atoms with Crippen molar-refractivity contribution in [2.75, 3.05) is 40.6 Å². The van der Waals surface area contributed by atoms with E-state index in [1.807, 2.05) is 12.1 Å². The number of methoxy groups -OCH3 is 2. The van der Waals surface area contributed by atoms with Crippen molar-refractivity contribution in [2.45, 2.75) is 58.7 Å². The van der Waals surface area contributed by atoms with Gasteiger partial charge in [-0.3, -0.25) is 19.2 Å². The van der Waals surface area contributed by atoms with Crippen molar-refractivity contribution in [3.63, 3.8) is 0 Å². The topological polar surface area (TPSA) is 142 Å². The molecule has 1 aliphatic rings. The van der Waals surface area contributed by atoms with Crippen molar-refractivity contribution in [1.29, 1.82) is 0 Å². The molecule has 0 aliphatic carbocycles. The molecule has 0 N–H and O–H groups in total. The minimum absolute atomic E-state index is 0.0560. The first-order valence-corrected chi connectivity index (χ1v) is 13.8. The number of ether oxygens (including phenoxy) is 8. The number of rotatable bonds is 15. The van der Waals surface area contributed by atoms with Gasteiger partial charge in [0.15, 0.2) is 29.1 Å². The summed E-state index contributed by atoms with van der Waals surface area (Å²) in [6, 6.07) is 9.07. The molecule has 0 bridgehead atoms. The number of hydrogen-bond donors (Lipinski definition) is 0. The molecule has 12 heteroatoms. The molecule has 2 atom stereocenters. The molecule has 0 fully saturated rings. The average Bonchev–Trinajstić information content (AvgIpc) is 3.33. The van der Waals surface area contributed by atoms with Crippen molar-refractivity contribution < 1.29 is 57.1 Å². The standard InChI is InChI=1S/C31H38O12/c1-18(32)38-11-7-8-22-12-25-26(17-41-21(4)35)30(43-31(25)29(13-22)37-6)23-9-10-27(28(14-23)36-5)42-24(15-39-19(2)33)16-40-20(3)34/h9-10,12-14,24,26,30H,7-8,11,15-17H2,1-6H3/t26-,30-/m0/s1. The zero-order chi connectivity index (χ0) is 31.5. The summed E-state index contributed by atoms with van der Waals surface area (Å²) in [5, 5.41) is 0. The van der Waals surface area contributed by atoms with E-state index in [-0.39, 0.29) is 31.7 Å². The molecule has 0 amide bonds. The second-order valence-corrected chi connectivity index (χ2v) is 9.86. The maximum absolute atomic E-state index is 11.8. The van der Waals surface area contributed by atoms with Gasteiger partial charge in [-0.05, 0) is 42.2 Å². The lowest BCUT2D eigenvalue weighted by Crippen LogP contribution is -2.30. The highest BCUT2D eigenvalue weighted by Crippen LogP contribution is 2.52. The van der Waals surface area contributed by atoms with Crippen molar-refractivity contribution in [3.8, 4) is 23.0 Å². The normalized spacial score (nSPS) is 15.1. The van der Waals surface area contributed by atoms with Gasteiger partial charge in [0.25, 0.3) is 0 Å². The van der Waals surface area contributed by atoms with Crippen LogP contribution in [-0.4, -0.2) is 70.6 Å². The third-order valence-electron chi connectivity index (χ3n) is 6.51. The van der Waals surface area contributed by atoms with Crippen LogP contribution < -0.4 is 18.9 Å². The molecule has 12 nitrogen and oxygen atoms in total. The average molecular weight is 603 g/mol. The Labute approximate surface area is 250 Å². The van der Waals surface area contributed by atoms with Crippen molar-refractivity contribution in [2.24, 2.45) is 0 Å². The maximum Gasteiger partial charge on any atom is 0.302 e. The van der Waals surface area contributed by atoms with Crippen LogP contribution in [0, 0.1) is 0 Å². The SMILES string of the molecule is COc1cc([C@@H]2Oc3c(OC)cc(CCCOC(C)=O)cc3[C@@H]2COC(C)=O)ccc1OC(COC(C)=O)COC(C)=O. The fourth-order valence-electron chi connectivity index (χ4n) is 4.60. The molecule has 234 valence electrons. The van der Waals surface area contributed by atoms with Crippen molar-refractivity contribution in [1.82, 2.24) is 0 Å². The predicted octanol–water partition coefficient (Wildman–Crippen LogP) is 3.85. The molecule has 1 aliphatic heterocycles. The molecule has 1 heterocycles. The van der Waals surface area contributed by atoms with Gasteiger partial charge >= 0.3 is 23.9 Å². The van der Waals surface area contributed by atoms with E-state index >= 15 is 0 Å². The van der Waals surface area contributed by atoms with Crippen LogP contribution >= 0.6 is 0 Å². The lowest BCUT2D eigenvalue weighted by molar-refractivity contribution is -0.148. The van der Waals surface area contributed by atoms with E-state index in [9.17, 15) is 19.2 Å². The monoisotopic (exact) mass is 602 g/mol. The molecule has 0 saturated carbocycles. The van der Waals surface area contributed by atoms with Gasteiger partial charge in [0, 0.05) is 33.3 Å². The van der Waals surface area contributed by atoms with Gasteiger partial charge in [-0.2, -0.15) is 0 Å². The number of benzene rings is 2. The summed E-state index contributed by atoms with van der Waals surface area (Å²) in [4.78, 5) is 45.6. The van der Waals surface area contributed by atoms with Crippen LogP contribution in [0.15, 0.2) is 30.3 Å². The highest BCUT2D eigenvalue weighted by atomic mass is 16.6. The van der Waals surface area contributed by atoms with E-state index in [2.05, 4.69) is 0 Å². The Bertz CT molecular complexity index is 1290. The molecule has 2 aromatic rings. The maximum atomic E-state index is 11.8. The van der Waals surface area contributed by atoms with Crippen molar-refractivity contribution >= 4 is 23.9 Å². The number of carbonyl (C=O) groups is 4. The van der Waals surface area contributed by atoms with E-state index in [1.54, 1.807) is 25.3 Å². The highest BCUT2D eigenvalue weighted by molar-refractivity contribution is 5.67. The Morgan fingerprint density at radius 3 is 1.98 bits per heavy atom. The largest absolute Gasteiger partial charge is 0.493 e. The Hall–Kier alpha value is -4.48. The Kier molecular flexibility index (Phi) is 12.0. The number of esters is 4. The zero-order valence-electron chi connectivity index (χ0n) is 25.3. The smallest absolute Gasteiger partial charge is 0.302 e. The van der Waals surface area contributed by atoms with Crippen molar-refractivity contribution in [3.05, 3.63) is 47.0 Å². The van der Waals surface area contributed by atoms with E-state index in [0.717, 1.165) is 11.1 Å². The van der Waals surface area contributed by atoms with Crippen LogP contribution in [0.25, 0.3) is 0 Å². The van der Waals surface area contributed by atoms with Crippen LogP contribution in [0.1, 0.15) is 62.8 Å². The van der Waals surface area contributed by atoms with E-state index in [1.165, 1.54) is 34.8 Å². The molecule has 0 radical (unpaired) electrons. The molecule has 0 unspecified atom stereocenters. The van der Waals surface area contributed by atoms with Gasteiger partial charge < -0.3 is 37.9 Å². The first-order chi connectivity index (χ1) is 20.5. The highest BCUT2D eigenvalue weighted by Gasteiger charge is 2.39. The summed E-state index contributed by atoms with van der Waals surface area (Å²) >= 11 is 0. The van der Waals surface area contributed by atoms with Gasteiger partial charge in [-0.25, -0.2) is 0 Å². The van der Waals surface area contributed by atoms with E-state index in [0.29, 0.717) is 48.0 Å². The summed E-state index contributed by atoms with van der Waals surface area (Å²) in [6.45, 7) is 5.32. The second kappa shape index (κ2) is 15.7. The summed E-state index contributed by atoms with van der Waals surface area (Å²) in [7, 11) is 3.03. The third-order valence-corrected chi connectivity index (χ3v) is 6.51. The Morgan fingerprint density at radius 2 is 1.40 bits per heavy atom. The molecular formula is C31H38O12. The lowest BCUT2D eigenvalue weighted by atomic mass is 9.90. The third kappa shape index (κ3) is 9.52. The van der Waals surface area contributed by atoms with Gasteiger partial charge in [0.1, 0.15) is 25.9 Å². The minimum atomic E-state index is -0.778. The number of aryl methyl sites for hydroxylation is 1. The summed E-state index contributed by atoms with van der Waals surface area (Å²) in [5.74, 6) is -0.385. The van der Waals surface area contributed by atoms with E-state index < -0.39 is 30.1 Å². The Balaban J connectivity index is 1.91. The lowest BCUT2D eigenvalue weighted by Gasteiger charge is -2.23. The predicted molar refractivity (Wildman–Crippen MR) is 151 cm³/mol. The first kappa shape index (κ1) is 33.0. The van der Waals surface area contributed by atoms with Crippen LogP contribution in [-0.2, 0) is 44.5 Å². The molecule has 0 saturated heterocycles. The fraction of sp³-hybridized carbons (Fsp3) is 0.484. The van der Waals surface area contributed by atoms with Gasteiger partial charge in [-0.1, -0.05) is 12.1 Å². The molecule has 3 rings (SSSR count). The molecule has 0 spiro atoms. The number of fused-ring (bicyclic) bond motifs is 1. The van der Waals surface area contributed by atoms with Crippen LogP contribution in [0.4, 0.5) is 0 Å². The van der Waals surface area contributed by atoms with Crippen LogP contribution in [0.2, 0.25) is 0 Å². The summed E-state index contributed by atoms with van der Waals surface area (Å²) in [6.07, 6.45) is -0.0985. The second-order valence-electron chi connectivity index (χ2n) is 9.86. The molecule has 0 aromatic heterocycles. The van der Waals surface area contributed by atoms with Crippen LogP contribution in [0.3, 0.4) is 0 Å². The Morgan fingerprint density at radius 1 is 0.767 bits per heavy atom. The van der Waals surface area contributed by atoms with Gasteiger partial charge in [-0.15, -0.1) is 0 Å². The number of hydrogen-bond acceptors (Lipinski definition) is 12. The molecule has 43 heavy (non-hydrogen) atoms. The van der Waals surface area contributed by atoms with Gasteiger partial charge in [0.05, 0.1) is 26.7 Å². The summed E-state index contributed by atoms with van der Waals surface area (Å²) in [5.41, 5.74) is 2.48. The zero-order valence-corrected chi connectivity index (χ0v) is 25.3. The minimum Gasteiger partial charge on any atom is -0.493 e. The molecular weight excluding hydrogens is 564 g/mol. The van der Waals surface area contributed by atoms with Crippen LogP contribution in [0.5, 0.6) is 23.0 Å². The first-order valence-electron chi connectivity index (χ1n) is 13.8.